The van der Waals surface area contributed by atoms with E-state index in [1.54, 1.807) is 12.2 Å². The third kappa shape index (κ3) is 1.26. The molecule has 0 nitrogen and oxygen atoms in total. The zero-order valence-electron chi connectivity index (χ0n) is 3.82. The Hall–Kier alpha value is 0.143. The van der Waals surface area contributed by atoms with Gasteiger partial charge in [0.1, 0.15) is 0 Å². The van der Waals surface area contributed by atoms with Crippen molar-refractivity contribution < 1.29 is 7.00 Å². The second kappa shape index (κ2) is 1.58. The van der Waals surface area contributed by atoms with E-state index >= 15 is 0 Å². The molecule has 0 aromatic rings. The maximum absolute atomic E-state index is 12.1. The van der Waals surface area contributed by atoms with E-state index in [0.717, 1.165) is 0 Å². The SMILES string of the molecule is [F][Ge]1([F])[CH2]C=C[CH2]1. The molecule has 1 aliphatic heterocycles. The molecule has 1 aliphatic rings. The standard InChI is InChI=1S/C4H6F2Ge/c5-7(6)3-1-2-4-7/h1-2H,3-4H2. The van der Waals surface area contributed by atoms with Crippen LogP contribution in [0.25, 0.3) is 0 Å². The Labute approximate surface area is 44.5 Å². The molecule has 1 heterocycles. The summed E-state index contributed by atoms with van der Waals surface area (Å²) in [6.45, 7) is 0. The molecule has 0 saturated heterocycles. The molecule has 3 heteroatoms. The molecule has 0 atom stereocenters. The molecule has 0 aliphatic carbocycles. The zero-order chi connectivity index (χ0) is 5.33. The quantitative estimate of drug-likeness (QED) is 0.379. The number of hydrogen-bond donors (Lipinski definition) is 0. The fourth-order valence-corrected chi connectivity index (χ4v) is 3.09. The first-order chi connectivity index (χ1) is 3.21. The molecular weight excluding hydrogens is 159 g/mol. The fraction of sp³-hybridized carbons (Fsp3) is 0.500. The molecule has 0 aromatic carbocycles. The van der Waals surface area contributed by atoms with Gasteiger partial charge in [-0.3, -0.25) is 0 Å². The van der Waals surface area contributed by atoms with Crippen LogP contribution in [0.4, 0.5) is 7.00 Å². The molecule has 0 unspecified atom stereocenters. The van der Waals surface area contributed by atoms with Crippen LogP contribution in [0.2, 0.25) is 10.5 Å². The van der Waals surface area contributed by atoms with E-state index in [0.29, 0.717) is 0 Å². The van der Waals surface area contributed by atoms with E-state index in [1.807, 2.05) is 0 Å². The molecule has 0 amide bonds. The minimum absolute atomic E-state index is 0.125. The van der Waals surface area contributed by atoms with Gasteiger partial charge in [0.15, 0.2) is 0 Å². The normalized spacial score (nSPS) is 26.0. The average molecular weight is 165 g/mol. The molecule has 0 bridgehead atoms. The van der Waals surface area contributed by atoms with Crippen molar-refractivity contribution >= 4 is 14.2 Å². The van der Waals surface area contributed by atoms with Crippen molar-refractivity contribution in [2.24, 2.45) is 0 Å². The van der Waals surface area contributed by atoms with Crippen LogP contribution in [0.3, 0.4) is 0 Å². The Morgan fingerprint density at radius 1 is 1.14 bits per heavy atom. The first kappa shape index (κ1) is 5.28. The average Bonchev–Trinajstić information content (AvgIpc) is 1.84. The van der Waals surface area contributed by atoms with Crippen LogP contribution >= 0.6 is 0 Å². The zero-order valence-corrected chi connectivity index (χ0v) is 5.92. The third-order valence-corrected chi connectivity index (χ3v) is 4.49. The van der Waals surface area contributed by atoms with Crippen molar-refractivity contribution in [2.45, 2.75) is 10.5 Å². The van der Waals surface area contributed by atoms with E-state index in [1.165, 1.54) is 0 Å². The van der Waals surface area contributed by atoms with Gasteiger partial charge >= 0.3 is 43.9 Å². The minimum atomic E-state index is -4.08. The van der Waals surface area contributed by atoms with E-state index in [4.69, 9.17) is 0 Å². The molecule has 0 radical (unpaired) electrons. The van der Waals surface area contributed by atoms with Gasteiger partial charge in [0.05, 0.1) is 0 Å². The van der Waals surface area contributed by atoms with Crippen molar-refractivity contribution in [1.82, 2.24) is 0 Å². The molecule has 0 fully saturated rings. The Kier molecular flexibility index (Phi) is 1.19. The molecular formula is C4H6F2Ge. The van der Waals surface area contributed by atoms with Crippen LogP contribution < -0.4 is 0 Å². The van der Waals surface area contributed by atoms with Crippen LogP contribution in [-0.4, -0.2) is 14.2 Å². The summed E-state index contributed by atoms with van der Waals surface area (Å²) < 4.78 is 24.1. The van der Waals surface area contributed by atoms with Gasteiger partial charge in [-0.05, 0) is 0 Å². The number of allylic oxidation sites excluding steroid dienone is 2. The van der Waals surface area contributed by atoms with Crippen molar-refractivity contribution in [3.05, 3.63) is 12.2 Å². The summed E-state index contributed by atoms with van der Waals surface area (Å²) in [6.07, 6.45) is 3.19. The maximum atomic E-state index is 12.1. The summed E-state index contributed by atoms with van der Waals surface area (Å²) in [6, 6.07) is 0. The summed E-state index contributed by atoms with van der Waals surface area (Å²) in [5.74, 6) is 0. The molecule has 0 N–H and O–H groups in total. The van der Waals surface area contributed by atoms with Crippen LogP contribution in [0.15, 0.2) is 12.2 Å². The number of halogens is 2. The second-order valence-corrected chi connectivity index (χ2v) is 7.04. The van der Waals surface area contributed by atoms with Gasteiger partial charge in [-0.15, -0.1) is 0 Å². The number of hydrogen-bond acceptors (Lipinski definition) is 0. The summed E-state index contributed by atoms with van der Waals surface area (Å²) in [4.78, 5) is 0. The molecule has 0 aromatic heterocycles. The monoisotopic (exact) mass is 166 g/mol. The Bertz CT molecular complexity index is 87.9. The van der Waals surface area contributed by atoms with Gasteiger partial charge in [-0.1, -0.05) is 0 Å². The van der Waals surface area contributed by atoms with Crippen LogP contribution in [0.5, 0.6) is 0 Å². The molecule has 7 heavy (non-hydrogen) atoms. The molecule has 0 spiro atoms. The fourth-order valence-electron chi connectivity index (χ4n) is 0.595. The van der Waals surface area contributed by atoms with E-state index in [-0.39, 0.29) is 10.5 Å². The predicted octanol–water partition coefficient (Wildman–Crippen LogP) is 1.94. The van der Waals surface area contributed by atoms with Gasteiger partial charge < -0.3 is 0 Å². The first-order valence-corrected chi connectivity index (χ1v) is 6.79. The molecule has 1 rings (SSSR count). The Morgan fingerprint density at radius 2 is 1.57 bits per heavy atom. The van der Waals surface area contributed by atoms with Crippen molar-refractivity contribution in [2.75, 3.05) is 0 Å². The van der Waals surface area contributed by atoms with Crippen molar-refractivity contribution in [1.29, 1.82) is 0 Å². The van der Waals surface area contributed by atoms with Crippen molar-refractivity contribution in [3.63, 3.8) is 0 Å². The van der Waals surface area contributed by atoms with Crippen molar-refractivity contribution in [3.8, 4) is 0 Å². The summed E-state index contributed by atoms with van der Waals surface area (Å²) in [7, 11) is 0. The second-order valence-electron chi connectivity index (χ2n) is 1.74. The number of rotatable bonds is 0. The van der Waals surface area contributed by atoms with Gasteiger partial charge in [0.2, 0.25) is 0 Å². The van der Waals surface area contributed by atoms with Gasteiger partial charge in [0, 0.05) is 0 Å². The first-order valence-electron chi connectivity index (χ1n) is 2.23. The summed E-state index contributed by atoms with van der Waals surface area (Å²) in [5, 5.41) is 0.250. The van der Waals surface area contributed by atoms with Crippen LogP contribution in [0.1, 0.15) is 0 Å². The summed E-state index contributed by atoms with van der Waals surface area (Å²) >= 11 is -4.08. The molecule has 0 saturated carbocycles. The van der Waals surface area contributed by atoms with E-state index in [9.17, 15) is 7.00 Å². The van der Waals surface area contributed by atoms with Crippen LogP contribution in [0, 0.1) is 0 Å². The Balaban J connectivity index is 2.49. The van der Waals surface area contributed by atoms with Gasteiger partial charge in [-0.25, -0.2) is 0 Å². The Morgan fingerprint density at radius 3 is 1.71 bits per heavy atom. The molecule has 40 valence electrons. The predicted molar refractivity (Wildman–Crippen MR) is 26.7 cm³/mol. The van der Waals surface area contributed by atoms with E-state index in [2.05, 4.69) is 0 Å². The van der Waals surface area contributed by atoms with Crippen LogP contribution in [-0.2, 0) is 0 Å². The third-order valence-electron chi connectivity index (χ3n) is 1.000. The topological polar surface area (TPSA) is 0 Å². The van der Waals surface area contributed by atoms with E-state index < -0.39 is 14.2 Å². The van der Waals surface area contributed by atoms with Gasteiger partial charge in [0.25, 0.3) is 0 Å². The summed E-state index contributed by atoms with van der Waals surface area (Å²) in [5.41, 5.74) is 0. The van der Waals surface area contributed by atoms with Gasteiger partial charge in [-0.2, -0.15) is 0 Å².